The van der Waals surface area contributed by atoms with Crippen LogP contribution in [0.3, 0.4) is 0 Å². The maximum absolute atomic E-state index is 11.8. The lowest BCUT2D eigenvalue weighted by Gasteiger charge is -2.41. The Labute approximate surface area is 108 Å². The number of nitrogens with one attached hydrogen (secondary N) is 1. The highest BCUT2D eigenvalue weighted by Gasteiger charge is 2.39. The first-order valence-electron chi connectivity index (χ1n) is 5.27. The van der Waals surface area contributed by atoms with Gasteiger partial charge in [0, 0.05) is 19.2 Å². The largest absolute Gasteiger partial charge is 0.383 e. The summed E-state index contributed by atoms with van der Waals surface area (Å²) in [4.78, 5) is 22.1. The minimum absolute atomic E-state index is 0.0362. The van der Waals surface area contributed by atoms with Crippen molar-refractivity contribution < 1.29 is 4.79 Å². The van der Waals surface area contributed by atoms with Crippen molar-refractivity contribution in [1.29, 1.82) is 0 Å². The van der Waals surface area contributed by atoms with Crippen molar-refractivity contribution >= 4 is 33.6 Å². The molecule has 0 spiro atoms. The molecule has 0 saturated carbocycles. The molecule has 0 unspecified atom stereocenters. The van der Waals surface area contributed by atoms with E-state index < -0.39 is 5.54 Å². The molecule has 1 aromatic heterocycles. The summed E-state index contributed by atoms with van der Waals surface area (Å²) in [7, 11) is 0. The molecule has 3 N–H and O–H groups in total. The number of aromatic nitrogens is 2. The molecule has 92 valence electrons. The van der Waals surface area contributed by atoms with Crippen LogP contribution in [0.4, 0.5) is 11.8 Å². The summed E-state index contributed by atoms with van der Waals surface area (Å²) in [6.45, 7) is 4.91. The van der Waals surface area contributed by atoms with Gasteiger partial charge in [-0.05, 0) is 29.8 Å². The van der Waals surface area contributed by atoms with Gasteiger partial charge in [-0.2, -0.15) is 4.98 Å². The molecule has 1 aliphatic heterocycles. The van der Waals surface area contributed by atoms with Crippen molar-refractivity contribution in [2.45, 2.75) is 19.4 Å². The predicted molar refractivity (Wildman–Crippen MR) is 68.6 cm³/mol. The van der Waals surface area contributed by atoms with E-state index in [0.717, 1.165) is 0 Å². The Bertz CT molecular complexity index is 442. The molecular weight excluding hydrogens is 286 g/mol. The van der Waals surface area contributed by atoms with Crippen molar-refractivity contribution in [2.24, 2.45) is 0 Å². The fraction of sp³-hybridized carbons (Fsp3) is 0.500. The zero-order chi connectivity index (χ0) is 12.6. The number of hydrogen-bond donors (Lipinski definition) is 2. The van der Waals surface area contributed by atoms with E-state index in [1.54, 1.807) is 6.07 Å². The molecule has 1 saturated heterocycles. The van der Waals surface area contributed by atoms with E-state index in [2.05, 4.69) is 31.2 Å². The molecular formula is C10H14BrN5O. The minimum atomic E-state index is -0.675. The average molecular weight is 300 g/mol. The third-order valence-electron chi connectivity index (χ3n) is 2.80. The van der Waals surface area contributed by atoms with Crippen LogP contribution in [0, 0.1) is 0 Å². The number of nitrogens with two attached hydrogens (primary N) is 1. The zero-order valence-corrected chi connectivity index (χ0v) is 11.3. The second-order valence-electron chi connectivity index (χ2n) is 4.38. The van der Waals surface area contributed by atoms with E-state index in [4.69, 9.17) is 5.73 Å². The maximum atomic E-state index is 11.8. The number of piperazine rings is 1. The van der Waals surface area contributed by atoms with Crippen LogP contribution in [0.2, 0.25) is 0 Å². The van der Waals surface area contributed by atoms with Crippen LogP contribution in [0.25, 0.3) is 0 Å². The number of hydrogen-bond acceptors (Lipinski definition) is 5. The van der Waals surface area contributed by atoms with Gasteiger partial charge >= 0.3 is 0 Å². The molecule has 1 aliphatic rings. The van der Waals surface area contributed by atoms with Gasteiger partial charge in [0.25, 0.3) is 0 Å². The number of halogens is 1. The molecule has 2 heterocycles. The summed E-state index contributed by atoms with van der Waals surface area (Å²) < 4.78 is 0.613. The molecule has 6 nitrogen and oxygen atoms in total. The average Bonchev–Trinajstić information content (AvgIpc) is 2.20. The normalized spacial score (nSPS) is 19.0. The van der Waals surface area contributed by atoms with Crippen molar-refractivity contribution in [3.63, 3.8) is 0 Å². The van der Waals surface area contributed by atoms with E-state index in [0.29, 0.717) is 29.5 Å². The summed E-state index contributed by atoms with van der Waals surface area (Å²) in [5, 5.41) is 2.82. The number of nitrogens with zero attached hydrogens (tertiary/aromatic N) is 3. The van der Waals surface area contributed by atoms with E-state index in [-0.39, 0.29) is 5.91 Å². The standard InChI is InChI=1S/C10H14BrN5O/c1-10(2)8(17)13-3-4-16(10)9-14-6(11)5-7(12)15-9/h5H,3-4H2,1-2H3,(H,13,17)(H2,12,14,15). The Morgan fingerprint density at radius 1 is 1.53 bits per heavy atom. The molecule has 1 fully saturated rings. The Balaban J connectivity index is 2.41. The fourth-order valence-corrected chi connectivity index (χ4v) is 2.19. The lowest BCUT2D eigenvalue weighted by atomic mass is 10.00. The molecule has 0 aliphatic carbocycles. The molecule has 2 rings (SSSR count). The number of amides is 1. The van der Waals surface area contributed by atoms with Gasteiger partial charge in [-0.1, -0.05) is 0 Å². The molecule has 1 amide bonds. The van der Waals surface area contributed by atoms with Gasteiger partial charge in [-0.25, -0.2) is 4.98 Å². The summed E-state index contributed by atoms with van der Waals surface area (Å²) in [6.07, 6.45) is 0. The highest BCUT2D eigenvalue weighted by Crippen LogP contribution is 2.25. The molecule has 0 atom stereocenters. The SMILES string of the molecule is CC1(C)C(=O)NCCN1c1nc(N)cc(Br)n1. The fourth-order valence-electron chi connectivity index (χ4n) is 1.79. The molecule has 1 aromatic rings. The first kappa shape index (κ1) is 12.1. The van der Waals surface area contributed by atoms with Gasteiger partial charge in [0.05, 0.1) is 0 Å². The third-order valence-corrected chi connectivity index (χ3v) is 3.20. The van der Waals surface area contributed by atoms with E-state index in [1.165, 1.54) is 0 Å². The summed E-state index contributed by atoms with van der Waals surface area (Å²) >= 11 is 3.27. The Hall–Kier alpha value is -1.37. The van der Waals surface area contributed by atoms with Crippen molar-refractivity contribution in [3.8, 4) is 0 Å². The summed E-state index contributed by atoms with van der Waals surface area (Å²) in [5.41, 5.74) is 5.01. The van der Waals surface area contributed by atoms with Gasteiger partial charge in [0.1, 0.15) is 16.0 Å². The minimum Gasteiger partial charge on any atom is -0.383 e. The smallest absolute Gasteiger partial charge is 0.245 e. The van der Waals surface area contributed by atoms with E-state index in [1.807, 2.05) is 18.7 Å². The predicted octanol–water partition coefficient (Wildman–Crippen LogP) is 0.536. The lowest BCUT2D eigenvalue weighted by Crippen LogP contribution is -2.62. The third kappa shape index (κ3) is 2.19. The first-order chi connectivity index (χ1) is 7.91. The van der Waals surface area contributed by atoms with Gasteiger partial charge in [-0.15, -0.1) is 0 Å². The van der Waals surface area contributed by atoms with Crippen LogP contribution in [0.1, 0.15) is 13.8 Å². The topological polar surface area (TPSA) is 84.1 Å². The first-order valence-corrected chi connectivity index (χ1v) is 6.06. The molecule has 0 aromatic carbocycles. The Morgan fingerprint density at radius 2 is 2.24 bits per heavy atom. The van der Waals surface area contributed by atoms with Crippen LogP contribution in [-0.2, 0) is 4.79 Å². The molecule has 0 bridgehead atoms. The molecule has 17 heavy (non-hydrogen) atoms. The van der Waals surface area contributed by atoms with Crippen molar-refractivity contribution in [3.05, 3.63) is 10.7 Å². The number of nitrogen functional groups attached to an aromatic ring is 1. The van der Waals surface area contributed by atoms with E-state index >= 15 is 0 Å². The Kier molecular flexibility index (Phi) is 2.94. The second kappa shape index (κ2) is 4.14. The van der Waals surface area contributed by atoms with Crippen LogP contribution >= 0.6 is 15.9 Å². The van der Waals surface area contributed by atoms with Crippen LogP contribution in [-0.4, -0.2) is 34.5 Å². The number of rotatable bonds is 1. The highest BCUT2D eigenvalue weighted by atomic mass is 79.9. The van der Waals surface area contributed by atoms with Gasteiger partial charge in [-0.3, -0.25) is 4.79 Å². The molecule has 7 heteroatoms. The highest BCUT2D eigenvalue weighted by molar-refractivity contribution is 9.10. The number of anilines is 2. The quantitative estimate of drug-likeness (QED) is 0.739. The van der Waals surface area contributed by atoms with Gasteiger partial charge < -0.3 is 16.0 Å². The van der Waals surface area contributed by atoms with E-state index in [9.17, 15) is 4.79 Å². The van der Waals surface area contributed by atoms with Crippen molar-refractivity contribution in [2.75, 3.05) is 23.7 Å². The Morgan fingerprint density at radius 3 is 2.88 bits per heavy atom. The lowest BCUT2D eigenvalue weighted by molar-refractivity contribution is -0.126. The number of carbonyl (C=O) groups is 1. The second-order valence-corrected chi connectivity index (χ2v) is 5.19. The summed E-state index contributed by atoms with van der Waals surface area (Å²) in [6, 6.07) is 1.63. The van der Waals surface area contributed by atoms with Gasteiger partial charge in [0.15, 0.2) is 0 Å². The van der Waals surface area contributed by atoms with Crippen molar-refractivity contribution in [1.82, 2.24) is 15.3 Å². The summed E-state index contributed by atoms with van der Waals surface area (Å²) in [5.74, 6) is 0.811. The molecule has 0 radical (unpaired) electrons. The zero-order valence-electron chi connectivity index (χ0n) is 9.70. The van der Waals surface area contributed by atoms with Crippen LogP contribution in [0.5, 0.6) is 0 Å². The maximum Gasteiger partial charge on any atom is 0.245 e. The van der Waals surface area contributed by atoms with Crippen LogP contribution < -0.4 is 16.0 Å². The van der Waals surface area contributed by atoms with Gasteiger partial charge in [0.2, 0.25) is 11.9 Å². The van der Waals surface area contributed by atoms with Crippen LogP contribution in [0.15, 0.2) is 10.7 Å². The monoisotopic (exact) mass is 299 g/mol. The number of carbonyl (C=O) groups excluding carboxylic acids is 1.